The van der Waals surface area contributed by atoms with Crippen LogP contribution in [0.3, 0.4) is 0 Å². The Bertz CT molecular complexity index is 4230. The van der Waals surface area contributed by atoms with Crippen molar-refractivity contribution in [2.24, 2.45) is 5.73 Å². The maximum absolute atomic E-state index is 16.1. The number of nitrogen functional groups attached to an aromatic ring is 3. The van der Waals surface area contributed by atoms with Gasteiger partial charge in [0.15, 0.2) is 35.1 Å². The van der Waals surface area contributed by atoms with Gasteiger partial charge in [0.1, 0.15) is 30.1 Å². The Balaban J connectivity index is 0.932. The number of anilines is 3. The van der Waals surface area contributed by atoms with E-state index in [1.807, 2.05) is 11.9 Å². The van der Waals surface area contributed by atoms with Gasteiger partial charge >= 0.3 is 42.1 Å². The number of amides is 1. The number of carbonyl (C=O) groups is 1. The quantitative estimate of drug-likeness (QED) is 0.0348. The van der Waals surface area contributed by atoms with Crippen LogP contribution >= 0.6 is 30.7 Å². The van der Waals surface area contributed by atoms with E-state index < -0.39 is 135 Å². The van der Waals surface area contributed by atoms with Crippen molar-refractivity contribution in [3.63, 3.8) is 0 Å². The molecule has 0 saturated carbocycles. The van der Waals surface area contributed by atoms with Crippen molar-refractivity contribution in [1.29, 1.82) is 0 Å². The van der Waals surface area contributed by atoms with Crippen LogP contribution in [0.4, 0.5) is 17.6 Å². The average molecular weight is 1440 g/mol. The summed E-state index contributed by atoms with van der Waals surface area (Å²) in [5, 5.41) is 10.8. The number of primary amides is 1. The first-order chi connectivity index (χ1) is 45.7. The van der Waals surface area contributed by atoms with Gasteiger partial charge in [-0.1, -0.05) is 0 Å². The van der Waals surface area contributed by atoms with Crippen molar-refractivity contribution < 1.29 is 65.2 Å². The first-order valence-corrected chi connectivity index (χ1v) is 36.4. The van der Waals surface area contributed by atoms with Gasteiger partial charge in [-0.05, 0) is 83.5 Å². The molecule has 4 aliphatic heterocycles. The number of H-pyrrole nitrogens is 1. The fraction of sp³-hybridized carbons (Fsp3) is 0.627. The van der Waals surface area contributed by atoms with E-state index in [9.17, 15) is 28.8 Å². The molecule has 10 N–H and O–H groups in total. The summed E-state index contributed by atoms with van der Waals surface area (Å²) in [6.07, 6.45) is -1.50. The van der Waals surface area contributed by atoms with E-state index >= 15 is 13.7 Å². The highest BCUT2D eigenvalue weighted by Gasteiger charge is 2.49. The summed E-state index contributed by atoms with van der Waals surface area (Å²) in [4.78, 5) is 85.4. The van der Waals surface area contributed by atoms with E-state index in [0.717, 1.165) is 13.8 Å². The fourth-order valence-electron chi connectivity index (χ4n) is 11.6. The third-order valence-corrected chi connectivity index (χ3v) is 26.5. The topological polar surface area (TPSA) is 490 Å². The van der Waals surface area contributed by atoms with Gasteiger partial charge in [-0.15, -0.1) is 0 Å². The molecule has 534 valence electrons. The van der Waals surface area contributed by atoms with Crippen LogP contribution in [-0.4, -0.2) is 292 Å². The SMILES string of the molecule is Cc1cn(C2CN(P(=O)(OCC3CN(P(=O)(OCC4CN(C)CC(n5cnc6c(N)ncnc65)O4)N(C)C)CC(n4cnc5c(O)nc(N)nc54)O3)N(C)C)CC(COP(=O)(N(C)C)N3CC(COP(=O)(N(C)C)N(C)CC(N)=O)OC(n4ccc(N)nc4=O)C3)O2)c(=O)[nH]c1=O. The van der Waals surface area contributed by atoms with Crippen molar-refractivity contribution in [3.8, 4) is 5.88 Å². The number of nitrogens with zero attached hydrogens (tertiary/aromatic N) is 20. The number of aromatic amines is 1. The number of fused-ring (bicyclic) bond motifs is 2. The average Bonchev–Trinajstić information content (AvgIpc) is 1.70. The number of nitrogens with two attached hydrogens (primary N) is 4. The zero-order chi connectivity index (χ0) is 70.4. The number of nitrogens with one attached hydrogen (secondary N) is 1. The molecular formula is C51H83N25O17P4. The number of hydrogen-bond acceptors (Lipinski definition) is 28. The third kappa shape index (κ3) is 15.5. The van der Waals surface area contributed by atoms with E-state index in [1.165, 1.54) is 120 Å². The van der Waals surface area contributed by atoms with Crippen molar-refractivity contribution in [1.82, 2.24) is 100 Å². The van der Waals surface area contributed by atoms with Gasteiger partial charge in [-0.3, -0.25) is 56.0 Å². The molecule has 4 fully saturated rings. The minimum Gasteiger partial charge on any atom is -0.492 e. The zero-order valence-corrected chi connectivity index (χ0v) is 58.9. The third-order valence-electron chi connectivity index (χ3n) is 16.4. The Kier molecular flexibility index (Phi) is 22.2. The van der Waals surface area contributed by atoms with E-state index in [0.29, 0.717) is 24.3 Å². The lowest BCUT2D eigenvalue weighted by atomic mass is 10.3. The van der Waals surface area contributed by atoms with Gasteiger partial charge in [0, 0.05) is 50.7 Å². The van der Waals surface area contributed by atoms with Crippen LogP contribution in [0, 0.1) is 6.92 Å². The predicted molar refractivity (Wildman–Crippen MR) is 349 cm³/mol. The van der Waals surface area contributed by atoms with Crippen molar-refractivity contribution >= 4 is 76.5 Å². The predicted octanol–water partition coefficient (Wildman–Crippen LogP) is -1.18. The van der Waals surface area contributed by atoms with Gasteiger partial charge in [0.25, 0.3) is 5.56 Å². The molecule has 12 unspecified atom stereocenters. The first kappa shape index (κ1) is 73.3. The second-order valence-electron chi connectivity index (χ2n) is 24.3. The number of aromatic hydroxyl groups is 1. The van der Waals surface area contributed by atoms with Crippen LogP contribution in [0.25, 0.3) is 22.3 Å². The number of aromatic nitrogens is 12. The number of aryl methyl sites for hydroxylation is 1. The smallest absolute Gasteiger partial charge is 0.351 e. The maximum Gasteiger partial charge on any atom is 0.351 e. The summed E-state index contributed by atoms with van der Waals surface area (Å²) in [7, 11) is -1.41. The standard InChI is InChI=1S/C51H83N25O17P4/c1-31-14-74(51(81)63-47(31)78)40-22-71(17-34(92-40)26-88-95(83,65(4)5)70-16-33(25-86-94(82,64(2)3)69(11)19-37(53)77)91-39(21-70)73-13-12-36(52)60-50(73)80)96(84,66(6)7)89-27-35-18-72(23-41(93-35)76-30-59-43-46(76)61-49(55)62-48(43)79)97(85,67(8)9)87-24-32-15-68(10)20-38(90-32)75-29-58-42-44(54)56-28-57-45(42)75/h12-14,28-30,32-35,38-41H,15-27H2,1-11H3,(H2,53,77)(H2,52,60,80)(H2,54,56,57)(H,63,78,81)(H3,55,61,62,79). The first-order valence-electron chi connectivity index (χ1n) is 30.3. The molecule has 97 heavy (non-hydrogen) atoms. The van der Waals surface area contributed by atoms with E-state index in [1.54, 1.807) is 29.7 Å². The molecule has 10 heterocycles. The van der Waals surface area contributed by atoms with E-state index in [4.69, 9.17) is 60.0 Å². The van der Waals surface area contributed by atoms with Crippen LogP contribution in [-0.2, 0) is 60.1 Å². The van der Waals surface area contributed by atoms with Crippen LogP contribution in [0.15, 0.2) is 51.8 Å². The molecule has 6 aromatic heterocycles. The Morgan fingerprint density at radius 3 is 1.59 bits per heavy atom. The normalized spacial score (nSPS) is 25.5. The molecule has 10 rings (SSSR count). The Morgan fingerprint density at radius 1 is 0.608 bits per heavy atom. The fourth-order valence-corrected chi connectivity index (χ4v) is 19.3. The Labute approximate surface area is 555 Å². The number of likely N-dealkylation sites (N-methyl/N-ethyl adjacent to an activating group) is 2. The molecule has 46 heteroatoms. The number of imidazole rings is 2. The van der Waals surface area contributed by atoms with Gasteiger partial charge < -0.3 is 65.1 Å². The highest BCUT2D eigenvalue weighted by atomic mass is 31.2. The Morgan fingerprint density at radius 2 is 1.08 bits per heavy atom. The summed E-state index contributed by atoms with van der Waals surface area (Å²) < 4.78 is 130. The molecule has 0 bridgehead atoms. The van der Waals surface area contributed by atoms with Crippen molar-refractivity contribution in [2.45, 2.75) is 56.3 Å². The molecular weight excluding hydrogens is 1360 g/mol. The molecule has 0 spiro atoms. The van der Waals surface area contributed by atoms with E-state index in [2.05, 4.69) is 39.9 Å². The van der Waals surface area contributed by atoms with Gasteiger partial charge in [0.05, 0.1) is 89.7 Å². The lowest BCUT2D eigenvalue weighted by Crippen LogP contribution is -2.51. The minimum absolute atomic E-state index is 0.0180. The van der Waals surface area contributed by atoms with Crippen molar-refractivity contribution in [3.05, 3.63) is 74.3 Å². The molecule has 12 atom stereocenters. The highest BCUT2D eigenvalue weighted by molar-refractivity contribution is 7.54. The molecule has 4 aliphatic rings. The summed E-state index contributed by atoms with van der Waals surface area (Å²) in [6.45, 7) is -1.20. The number of morpholine rings is 4. The molecule has 4 saturated heterocycles. The van der Waals surface area contributed by atoms with Crippen LogP contribution < -0.4 is 39.9 Å². The van der Waals surface area contributed by atoms with E-state index in [-0.39, 0.29) is 80.2 Å². The summed E-state index contributed by atoms with van der Waals surface area (Å²) in [5.41, 5.74) is 22.1. The lowest BCUT2D eigenvalue weighted by molar-refractivity contribution is -0.133. The molecule has 0 aliphatic carbocycles. The largest absolute Gasteiger partial charge is 0.492 e. The molecule has 42 nitrogen and oxygen atoms in total. The molecule has 6 aromatic rings. The molecule has 0 aromatic carbocycles. The van der Waals surface area contributed by atoms with Gasteiger partial charge in [0.2, 0.25) is 17.7 Å². The van der Waals surface area contributed by atoms with Crippen LogP contribution in [0.5, 0.6) is 5.88 Å². The zero-order valence-electron chi connectivity index (χ0n) is 55.3. The highest BCUT2D eigenvalue weighted by Crippen LogP contribution is 2.59. The summed E-state index contributed by atoms with van der Waals surface area (Å²) >= 11 is 0. The number of rotatable bonds is 26. The van der Waals surface area contributed by atoms with Gasteiger partial charge in [-0.25, -0.2) is 66.9 Å². The minimum atomic E-state index is -4.39. The van der Waals surface area contributed by atoms with Crippen molar-refractivity contribution in [2.75, 3.05) is 173 Å². The van der Waals surface area contributed by atoms with Gasteiger partial charge in [-0.2, -0.15) is 15.0 Å². The molecule has 0 radical (unpaired) electrons. The number of hydrogen-bond donors (Lipinski definition) is 6. The number of ether oxygens (including phenoxy) is 4. The molecule has 1 amide bonds. The van der Waals surface area contributed by atoms with Crippen LogP contribution in [0.2, 0.25) is 0 Å². The number of carbonyl (C=O) groups excluding carboxylic acids is 1. The maximum atomic E-state index is 16.1. The summed E-state index contributed by atoms with van der Waals surface area (Å²) in [5.74, 6) is -1.45. The second kappa shape index (κ2) is 29.4. The monoisotopic (exact) mass is 1440 g/mol. The summed E-state index contributed by atoms with van der Waals surface area (Å²) in [6, 6.07) is 1.36. The Hall–Kier alpha value is -6.43. The van der Waals surface area contributed by atoms with Crippen LogP contribution in [0.1, 0.15) is 30.5 Å². The second-order valence-corrected chi connectivity index (χ2v) is 34.9. The lowest BCUT2D eigenvalue weighted by Gasteiger charge is -2.46.